The zero-order chi connectivity index (χ0) is 13.7. The Morgan fingerprint density at radius 1 is 1.33 bits per heavy atom. The molecule has 0 aliphatic rings. The van der Waals surface area contributed by atoms with Crippen LogP contribution in [0, 0.1) is 3.57 Å². The van der Waals surface area contributed by atoms with Crippen molar-refractivity contribution in [3.63, 3.8) is 0 Å². The van der Waals surface area contributed by atoms with Gasteiger partial charge in [0.15, 0.2) is 0 Å². The molecule has 2 nitrogen and oxygen atoms in total. The average Bonchev–Trinajstić information content (AvgIpc) is 2.24. The Balaban J connectivity index is 3.09. The fourth-order valence-corrected chi connectivity index (χ4v) is 3.08. The van der Waals surface area contributed by atoms with Crippen LogP contribution in [-0.4, -0.2) is 4.57 Å². The molecule has 0 atom stereocenters. The highest BCUT2D eigenvalue weighted by Gasteiger charge is 2.36. The molecule has 0 radical (unpaired) electrons. The number of hydrogen-bond acceptors (Lipinski definition) is 1. The Hall–Kier alpha value is -0.570. The van der Waals surface area contributed by atoms with Crippen molar-refractivity contribution in [3.05, 3.63) is 42.2 Å². The van der Waals surface area contributed by atoms with Crippen LogP contribution in [-0.2, 0) is 13.2 Å². The fraction of sp³-hybridized carbons (Fsp3) is 0.182. The van der Waals surface area contributed by atoms with Crippen molar-refractivity contribution in [2.45, 2.75) is 6.18 Å². The van der Waals surface area contributed by atoms with Crippen molar-refractivity contribution < 1.29 is 13.2 Å². The minimum atomic E-state index is -4.55. The van der Waals surface area contributed by atoms with Gasteiger partial charge in [-0.05, 0) is 40.8 Å². The number of aryl methyl sites for hydroxylation is 1. The van der Waals surface area contributed by atoms with Crippen molar-refractivity contribution in [2.24, 2.45) is 7.05 Å². The maximum Gasteiger partial charge on any atom is 0.418 e. The SMILES string of the molecule is Cn1c(=O)c(I)c(C(F)(F)F)c2cc(Br)ccc21. The second kappa shape index (κ2) is 4.52. The van der Waals surface area contributed by atoms with Crippen LogP contribution in [0.2, 0.25) is 0 Å². The summed E-state index contributed by atoms with van der Waals surface area (Å²) in [4.78, 5) is 11.8. The van der Waals surface area contributed by atoms with Gasteiger partial charge in [0.25, 0.3) is 5.56 Å². The fourth-order valence-electron chi connectivity index (χ4n) is 1.76. The van der Waals surface area contributed by atoms with E-state index in [1.807, 2.05) is 0 Å². The van der Waals surface area contributed by atoms with Gasteiger partial charge in [-0.15, -0.1) is 0 Å². The van der Waals surface area contributed by atoms with Gasteiger partial charge in [-0.2, -0.15) is 13.2 Å². The number of hydrogen-bond donors (Lipinski definition) is 0. The molecule has 2 aromatic rings. The van der Waals surface area contributed by atoms with Gasteiger partial charge in [0, 0.05) is 16.9 Å². The number of aromatic nitrogens is 1. The summed E-state index contributed by atoms with van der Waals surface area (Å²) >= 11 is 4.59. The summed E-state index contributed by atoms with van der Waals surface area (Å²) in [6, 6.07) is 4.47. The van der Waals surface area contributed by atoms with Crippen LogP contribution in [0.1, 0.15) is 5.56 Å². The number of nitrogens with zero attached hydrogens (tertiary/aromatic N) is 1. The highest BCUT2D eigenvalue weighted by atomic mass is 127. The number of pyridine rings is 1. The van der Waals surface area contributed by atoms with Crippen LogP contribution in [0.15, 0.2) is 27.5 Å². The molecular formula is C11H6BrF3INO. The Labute approximate surface area is 122 Å². The smallest absolute Gasteiger partial charge is 0.310 e. The minimum absolute atomic E-state index is 0.0170. The lowest BCUT2D eigenvalue weighted by molar-refractivity contribution is -0.137. The average molecular weight is 432 g/mol. The standard InChI is InChI=1S/C11H6BrF3INO/c1-17-7-3-2-5(12)4-6(7)8(11(13,14)15)9(16)10(17)18/h2-4H,1H3. The van der Waals surface area contributed by atoms with Gasteiger partial charge in [-0.25, -0.2) is 0 Å². The second-order valence-corrected chi connectivity index (χ2v) is 5.71. The van der Waals surface area contributed by atoms with Crippen LogP contribution in [0.4, 0.5) is 13.2 Å². The molecule has 1 aromatic carbocycles. The van der Waals surface area contributed by atoms with E-state index in [1.54, 1.807) is 6.07 Å². The van der Waals surface area contributed by atoms with Gasteiger partial charge >= 0.3 is 6.18 Å². The topological polar surface area (TPSA) is 22.0 Å². The number of benzene rings is 1. The summed E-state index contributed by atoms with van der Waals surface area (Å²) in [6.45, 7) is 0. The lowest BCUT2D eigenvalue weighted by atomic mass is 10.1. The molecule has 0 unspecified atom stereocenters. The molecule has 1 heterocycles. The van der Waals surface area contributed by atoms with Crippen LogP contribution in [0.3, 0.4) is 0 Å². The van der Waals surface area contributed by atoms with Gasteiger partial charge in [0.05, 0.1) is 14.7 Å². The predicted molar refractivity (Wildman–Crippen MR) is 74.6 cm³/mol. The Morgan fingerprint density at radius 2 is 1.94 bits per heavy atom. The molecule has 0 aliphatic heterocycles. The Morgan fingerprint density at radius 3 is 2.50 bits per heavy atom. The molecule has 0 aliphatic carbocycles. The third kappa shape index (κ3) is 2.18. The van der Waals surface area contributed by atoms with Crippen molar-refractivity contribution >= 4 is 49.4 Å². The molecule has 0 spiro atoms. The molecule has 96 valence electrons. The first-order valence-corrected chi connectivity index (χ1v) is 6.65. The molecule has 0 bridgehead atoms. The highest BCUT2D eigenvalue weighted by molar-refractivity contribution is 14.1. The number of fused-ring (bicyclic) bond motifs is 1. The summed E-state index contributed by atoms with van der Waals surface area (Å²) < 4.78 is 40.6. The second-order valence-electron chi connectivity index (χ2n) is 3.71. The van der Waals surface area contributed by atoms with Crippen LogP contribution in [0.25, 0.3) is 10.9 Å². The molecule has 0 saturated carbocycles. The van der Waals surface area contributed by atoms with Gasteiger partial charge < -0.3 is 4.57 Å². The maximum absolute atomic E-state index is 13.1. The summed E-state index contributed by atoms with van der Waals surface area (Å²) in [5.74, 6) is 0. The minimum Gasteiger partial charge on any atom is -0.310 e. The summed E-state index contributed by atoms with van der Waals surface area (Å²) in [5, 5.41) is 0.0170. The molecule has 0 saturated heterocycles. The van der Waals surface area contributed by atoms with E-state index in [2.05, 4.69) is 15.9 Å². The maximum atomic E-state index is 13.1. The normalized spacial score (nSPS) is 12.1. The van der Waals surface area contributed by atoms with Crippen molar-refractivity contribution in [2.75, 3.05) is 0 Å². The molecule has 0 fully saturated rings. The van der Waals surface area contributed by atoms with Gasteiger partial charge in [0.2, 0.25) is 0 Å². The summed E-state index contributed by atoms with van der Waals surface area (Å²) in [7, 11) is 1.46. The van der Waals surface area contributed by atoms with Crippen molar-refractivity contribution in [3.8, 4) is 0 Å². The van der Waals surface area contributed by atoms with E-state index in [9.17, 15) is 18.0 Å². The molecule has 0 amide bonds. The molecule has 2 rings (SSSR count). The number of halogens is 5. The van der Waals surface area contributed by atoms with Gasteiger partial charge in [-0.3, -0.25) is 4.79 Å². The highest BCUT2D eigenvalue weighted by Crippen LogP contribution is 2.37. The molecule has 0 N–H and O–H groups in total. The quantitative estimate of drug-likeness (QED) is 0.579. The lowest BCUT2D eigenvalue weighted by Crippen LogP contribution is -2.25. The summed E-state index contributed by atoms with van der Waals surface area (Å²) in [5.41, 5.74) is -1.25. The third-order valence-electron chi connectivity index (χ3n) is 2.58. The van der Waals surface area contributed by atoms with Crippen LogP contribution in [0.5, 0.6) is 0 Å². The van der Waals surface area contributed by atoms with Crippen molar-refractivity contribution in [1.29, 1.82) is 0 Å². The van der Waals surface area contributed by atoms with E-state index in [0.29, 0.717) is 4.47 Å². The number of alkyl halides is 3. The van der Waals surface area contributed by atoms with Crippen LogP contribution < -0.4 is 5.56 Å². The molecular weight excluding hydrogens is 426 g/mol. The van der Waals surface area contributed by atoms with Crippen molar-refractivity contribution in [1.82, 2.24) is 4.57 Å². The third-order valence-corrected chi connectivity index (χ3v) is 4.08. The molecule has 18 heavy (non-hydrogen) atoms. The van der Waals surface area contributed by atoms with E-state index in [-0.39, 0.29) is 14.5 Å². The Kier molecular flexibility index (Phi) is 3.48. The van der Waals surface area contributed by atoms with Gasteiger partial charge in [-0.1, -0.05) is 15.9 Å². The summed E-state index contributed by atoms with van der Waals surface area (Å²) in [6.07, 6.45) is -4.55. The van der Waals surface area contributed by atoms with E-state index >= 15 is 0 Å². The lowest BCUT2D eigenvalue weighted by Gasteiger charge is -2.15. The monoisotopic (exact) mass is 431 g/mol. The first kappa shape index (κ1) is 13.9. The number of rotatable bonds is 0. The zero-order valence-electron chi connectivity index (χ0n) is 8.98. The molecule has 7 heteroatoms. The zero-order valence-corrected chi connectivity index (χ0v) is 12.7. The first-order valence-electron chi connectivity index (χ1n) is 4.78. The van der Waals surface area contributed by atoms with E-state index < -0.39 is 17.3 Å². The van der Waals surface area contributed by atoms with Crippen LogP contribution >= 0.6 is 38.5 Å². The molecule has 1 aromatic heterocycles. The van der Waals surface area contributed by atoms with E-state index in [1.165, 1.54) is 46.3 Å². The first-order chi connectivity index (χ1) is 8.23. The Bertz CT molecular complexity index is 693. The van der Waals surface area contributed by atoms with Gasteiger partial charge in [0.1, 0.15) is 0 Å². The van der Waals surface area contributed by atoms with E-state index in [4.69, 9.17) is 0 Å². The largest absolute Gasteiger partial charge is 0.418 e. The van der Waals surface area contributed by atoms with E-state index in [0.717, 1.165) is 0 Å². The predicted octanol–water partition coefficient (Wildman–Crippen LogP) is 3.92.